The van der Waals surface area contributed by atoms with Crippen LogP contribution in [0.1, 0.15) is 53.9 Å². The fourth-order valence-electron chi connectivity index (χ4n) is 3.59. The third-order valence-corrected chi connectivity index (χ3v) is 5.74. The highest BCUT2D eigenvalue weighted by Crippen LogP contribution is 2.37. The summed E-state index contributed by atoms with van der Waals surface area (Å²) in [4.78, 5) is 25.3. The fraction of sp³-hybridized carbons (Fsp3) is 0.333. The molecule has 0 N–H and O–H groups in total. The molecule has 0 aromatic heterocycles. The largest absolute Gasteiger partial charge is 0.299 e. The summed E-state index contributed by atoms with van der Waals surface area (Å²) >= 11 is 9.40. The molecule has 0 spiro atoms. The Labute approximate surface area is 161 Å². The van der Waals surface area contributed by atoms with E-state index < -0.39 is 0 Å². The summed E-state index contributed by atoms with van der Waals surface area (Å²) in [5, 5.41) is 0.664. The Morgan fingerprint density at radius 3 is 2.40 bits per heavy atom. The predicted octanol–water partition coefficient (Wildman–Crippen LogP) is 6.22. The van der Waals surface area contributed by atoms with Crippen LogP contribution in [0, 0.1) is 5.92 Å². The average molecular weight is 420 g/mol. The molecule has 1 fully saturated rings. The van der Waals surface area contributed by atoms with Crippen molar-refractivity contribution in [1.82, 2.24) is 0 Å². The predicted molar refractivity (Wildman–Crippen MR) is 104 cm³/mol. The van der Waals surface area contributed by atoms with E-state index >= 15 is 0 Å². The number of hydrogen-bond donors (Lipinski definition) is 0. The van der Waals surface area contributed by atoms with Gasteiger partial charge in [0.05, 0.1) is 0 Å². The zero-order chi connectivity index (χ0) is 17.8. The third kappa shape index (κ3) is 4.59. The molecular weight excluding hydrogens is 400 g/mol. The lowest BCUT2D eigenvalue weighted by Crippen LogP contribution is -2.27. The van der Waals surface area contributed by atoms with E-state index in [9.17, 15) is 9.59 Å². The Hall–Kier alpha value is -1.45. The first-order valence-corrected chi connectivity index (χ1v) is 9.78. The van der Waals surface area contributed by atoms with Crippen molar-refractivity contribution in [3.8, 4) is 0 Å². The Kier molecular flexibility index (Phi) is 6.08. The van der Waals surface area contributed by atoms with Crippen LogP contribution in [0.5, 0.6) is 0 Å². The normalized spacial score (nSPS) is 18.8. The molecule has 4 heteroatoms. The molecule has 0 radical (unpaired) electrons. The van der Waals surface area contributed by atoms with Crippen LogP contribution in [0.25, 0.3) is 0 Å². The smallest absolute Gasteiger partial charge is 0.163 e. The van der Waals surface area contributed by atoms with E-state index in [1.165, 1.54) is 0 Å². The van der Waals surface area contributed by atoms with Gasteiger partial charge >= 0.3 is 0 Å². The molecule has 2 aromatic carbocycles. The van der Waals surface area contributed by atoms with Crippen molar-refractivity contribution in [2.24, 2.45) is 5.92 Å². The molecule has 25 heavy (non-hydrogen) atoms. The molecule has 0 saturated heterocycles. The van der Waals surface area contributed by atoms with E-state index in [0.29, 0.717) is 23.4 Å². The molecule has 2 aromatic rings. The van der Waals surface area contributed by atoms with E-state index in [1.807, 2.05) is 48.5 Å². The maximum absolute atomic E-state index is 12.8. The average Bonchev–Trinajstić information content (AvgIpc) is 2.62. The van der Waals surface area contributed by atoms with Crippen molar-refractivity contribution >= 4 is 39.1 Å². The Bertz CT molecular complexity index is 752. The van der Waals surface area contributed by atoms with E-state index in [4.69, 9.17) is 11.6 Å². The summed E-state index contributed by atoms with van der Waals surface area (Å²) in [5.74, 6) is 0.205. The molecule has 1 saturated carbocycles. The maximum Gasteiger partial charge on any atom is 0.163 e. The van der Waals surface area contributed by atoms with Gasteiger partial charge < -0.3 is 0 Å². The minimum atomic E-state index is -0.0822. The van der Waals surface area contributed by atoms with E-state index in [-0.39, 0.29) is 23.4 Å². The number of carbonyl (C=O) groups excluding carboxylic acids is 2. The van der Waals surface area contributed by atoms with Gasteiger partial charge in [-0.15, -0.1) is 0 Å². The van der Waals surface area contributed by atoms with Gasteiger partial charge in [-0.3, -0.25) is 9.59 Å². The highest BCUT2D eigenvalue weighted by atomic mass is 79.9. The van der Waals surface area contributed by atoms with Crippen LogP contribution in [-0.4, -0.2) is 11.6 Å². The van der Waals surface area contributed by atoms with Gasteiger partial charge in [0, 0.05) is 39.7 Å². The van der Waals surface area contributed by atoms with E-state index in [0.717, 1.165) is 29.3 Å². The van der Waals surface area contributed by atoms with Crippen molar-refractivity contribution in [2.75, 3.05) is 0 Å². The molecular formula is C21H20BrClO2. The maximum atomic E-state index is 12.8. The summed E-state index contributed by atoms with van der Waals surface area (Å²) in [6.07, 6.45) is 3.84. The number of hydrogen-bond acceptors (Lipinski definition) is 2. The van der Waals surface area contributed by atoms with Gasteiger partial charge in [0.25, 0.3) is 0 Å². The molecule has 2 unspecified atom stereocenters. The number of Topliss-reactive ketones (excluding diaryl/α,β-unsaturated/α-hetero) is 2. The lowest BCUT2D eigenvalue weighted by atomic mass is 9.73. The van der Waals surface area contributed by atoms with Crippen molar-refractivity contribution in [3.63, 3.8) is 0 Å². The lowest BCUT2D eigenvalue weighted by molar-refractivity contribution is -0.125. The number of rotatable bonds is 5. The molecule has 0 bridgehead atoms. The molecule has 130 valence electrons. The molecule has 0 amide bonds. The minimum Gasteiger partial charge on any atom is -0.299 e. The highest BCUT2D eigenvalue weighted by molar-refractivity contribution is 9.10. The molecule has 3 rings (SSSR count). The van der Waals surface area contributed by atoms with Crippen LogP contribution in [0.2, 0.25) is 5.02 Å². The van der Waals surface area contributed by atoms with Gasteiger partial charge in [-0.2, -0.15) is 0 Å². The van der Waals surface area contributed by atoms with Crippen LogP contribution < -0.4 is 0 Å². The minimum absolute atomic E-state index is 0.0747. The van der Waals surface area contributed by atoms with Crippen molar-refractivity contribution in [1.29, 1.82) is 0 Å². The first kappa shape index (κ1) is 18.3. The summed E-state index contributed by atoms with van der Waals surface area (Å²) < 4.78 is 0.945. The van der Waals surface area contributed by atoms with Gasteiger partial charge in [0.1, 0.15) is 5.78 Å². The Morgan fingerprint density at radius 1 is 1.08 bits per heavy atom. The van der Waals surface area contributed by atoms with Crippen LogP contribution in [0.4, 0.5) is 0 Å². The lowest BCUT2D eigenvalue weighted by Gasteiger charge is -2.29. The van der Waals surface area contributed by atoms with Gasteiger partial charge in [0.15, 0.2) is 5.78 Å². The van der Waals surface area contributed by atoms with Crippen molar-refractivity contribution < 1.29 is 9.59 Å². The van der Waals surface area contributed by atoms with Crippen LogP contribution in [-0.2, 0) is 4.79 Å². The highest BCUT2D eigenvalue weighted by Gasteiger charge is 2.32. The van der Waals surface area contributed by atoms with Gasteiger partial charge in [0.2, 0.25) is 0 Å². The monoisotopic (exact) mass is 418 g/mol. The molecule has 0 heterocycles. The molecule has 2 atom stereocenters. The number of ketones is 2. The first-order chi connectivity index (χ1) is 12.0. The summed E-state index contributed by atoms with van der Waals surface area (Å²) in [5.41, 5.74) is 1.71. The number of halogens is 2. The second kappa shape index (κ2) is 8.29. The molecule has 1 aliphatic rings. The van der Waals surface area contributed by atoms with Crippen molar-refractivity contribution in [2.45, 2.75) is 38.0 Å². The van der Waals surface area contributed by atoms with Gasteiger partial charge in [-0.05, 0) is 42.7 Å². The summed E-state index contributed by atoms with van der Waals surface area (Å²) in [7, 11) is 0. The third-order valence-electron chi connectivity index (χ3n) is 4.96. The van der Waals surface area contributed by atoms with Crippen LogP contribution in [0.3, 0.4) is 0 Å². The zero-order valence-electron chi connectivity index (χ0n) is 13.9. The fourth-order valence-corrected chi connectivity index (χ4v) is 3.98. The first-order valence-electron chi connectivity index (χ1n) is 8.61. The molecule has 1 aliphatic carbocycles. The van der Waals surface area contributed by atoms with E-state index in [1.54, 1.807) is 0 Å². The zero-order valence-corrected chi connectivity index (χ0v) is 16.2. The van der Waals surface area contributed by atoms with Crippen molar-refractivity contribution in [3.05, 3.63) is 69.2 Å². The van der Waals surface area contributed by atoms with Gasteiger partial charge in [-0.1, -0.05) is 58.2 Å². The number of carbonyl (C=O) groups is 2. The topological polar surface area (TPSA) is 34.1 Å². The SMILES string of the molecule is O=C(CC(c1ccc(Cl)cc1)C1CCCCC1=O)c1ccc(Br)cc1. The number of benzene rings is 2. The second-order valence-electron chi connectivity index (χ2n) is 6.61. The second-order valence-corrected chi connectivity index (χ2v) is 7.96. The standard InChI is InChI=1S/C21H20BrClO2/c22-16-9-5-15(6-10-16)21(25)13-19(14-7-11-17(23)12-8-14)18-3-1-2-4-20(18)24/h5-12,18-19H,1-4,13H2. The Morgan fingerprint density at radius 2 is 1.76 bits per heavy atom. The quantitative estimate of drug-likeness (QED) is 0.539. The Balaban J connectivity index is 1.87. The molecule has 0 aliphatic heterocycles. The molecule has 2 nitrogen and oxygen atoms in total. The summed E-state index contributed by atoms with van der Waals surface area (Å²) in [6, 6.07) is 15.0. The van der Waals surface area contributed by atoms with E-state index in [2.05, 4.69) is 15.9 Å². The summed E-state index contributed by atoms with van der Waals surface area (Å²) in [6.45, 7) is 0. The van der Waals surface area contributed by atoms with Crippen LogP contribution in [0.15, 0.2) is 53.0 Å². The van der Waals surface area contributed by atoms with Gasteiger partial charge in [-0.25, -0.2) is 0 Å². The van der Waals surface area contributed by atoms with Crippen LogP contribution >= 0.6 is 27.5 Å².